The van der Waals surface area contributed by atoms with Crippen molar-refractivity contribution in [1.82, 2.24) is 4.98 Å². The minimum Gasteiger partial charge on any atom is -0.457 e. The van der Waals surface area contributed by atoms with E-state index in [4.69, 9.17) is 4.74 Å². The van der Waals surface area contributed by atoms with Gasteiger partial charge in [-0.15, -0.1) is 0 Å². The monoisotopic (exact) mass is 432 g/mol. The number of benzene rings is 3. The molecule has 4 aromatic rings. The zero-order valence-corrected chi connectivity index (χ0v) is 17.6. The highest BCUT2D eigenvalue weighted by Crippen LogP contribution is 2.25. The van der Waals surface area contributed by atoms with Crippen molar-refractivity contribution in [1.29, 1.82) is 0 Å². The number of anilines is 1. The van der Waals surface area contributed by atoms with Crippen LogP contribution in [0.4, 0.5) is 5.69 Å². The summed E-state index contributed by atoms with van der Waals surface area (Å²) < 4.78 is 33.1. The van der Waals surface area contributed by atoms with Crippen molar-refractivity contribution in [3.63, 3.8) is 0 Å². The standard InChI is InChI=1S/C24H20N2O4S/c1-26(20-12-3-2-4-13-20)31(28,29)22-15-6-5-14-21(22)24(27)30-17-19-10-7-9-18-11-8-16-25-23(18)19/h2-16H,17H2,1H3. The van der Waals surface area contributed by atoms with Crippen LogP contribution in [0.2, 0.25) is 0 Å². The van der Waals surface area contributed by atoms with Gasteiger partial charge in [0.05, 0.1) is 16.8 Å². The Morgan fingerprint density at radius 1 is 0.903 bits per heavy atom. The number of esters is 1. The average Bonchev–Trinajstić information content (AvgIpc) is 2.82. The first-order chi connectivity index (χ1) is 15.0. The topological polar surface area (TPSA) is 76.6 Å². The SMILES string of the molecule is CN(c1ccccc1)S(=O)(=O)c1ccccc1C(=O)OCc1cccc2cccnc12. The van der Waals surface area contributed by atoms with Crippen molar-refractivity contribution in [3.05, 3.63) is 102 Å². The van der Waals surface area contributed by atoms with E-state index >= 15 is 0 Å². The molecule has 3 aromatic carbocycles. The van der Waals surface area contributed by atoms with E-state index in [1.165, 1.54) is 19.2 Å². The third-order valence-electron chi connectivity index (χ3n) is 4.94. The van der Waals surface area contributed by atoms with Gasteiger partial charge in [0.25, 0.3) is 10.0 Å². The molecule has 0 saturated heterocycles. The fraction of sp³-hybridized carbons (Fsp3) is 0.0833. The molecule has 0 aliphatic carbocycles. The number of aromatic nitrogens is 1. The van der Waals surface area contributed by atoms with Gasteiger partial charge < -0.3 is 4.74 Å². The van der Waals surface area contributed by atoms with Crippen LogP contribution in [-0.4, -0.2) is 26.4 Å². The Labute approximate surface area is 180 Å². The summed E-state index contributed by atoms with van der Waals surface area (Å²) in [6, 6.07) is 24.1. The molecule has 7 heteroatoms. The van der Waals surface area contributed by atoms with Gasteiger partial charge in [-0.25, -0.2) is 13.2 Å². The van der Waals surface area contributed by atoms with Crippen LogP contribution >= 0.6 is 0 Å². The van der Waals surface area contributed by atoms with Gasteiger partial charge in [-0.2, -0.15) is 0 Å². The number of para-hydroxylation sites is 2. The molecule has 31 heavy (non-hydrogen) atoms. The van der Waals surface area contributed by atoms with Crippen LogP contribution in [0.25, 0.3) is 10.9 Å². The Kier molecular flexibility index (Phi) is 5.68. The van der Waals surface area contributed by atoms with Crippen LogP contribution in [-0.2, 0) is 21.4 Å². The van der Waals surface area contributed by atoms with Crippen LogP contribution in [0, 0.1) is 0 Å². The number of hydrogen-bond donors (Lipinski definition) is 0. The summed E-state index contributed by atoms with van der Waals surface area (Å²) in [7, 11) is -2.51. The number of ether oxygens (including phenoxy) is 1. The first kappa shape index (κ1) is 20.6. The molecule has 0 radical (unpaired) electrons. The number of fused-ring (bicyclic) bond motifs is 1. The molecular formula is C24H20N2O4S. The summed E-state index contributed by atoms with van der Waals surface area (Å²) in [6.07, 6.45) is 1.68. The van der Waals surface area contributed by atoms with E-state index < -0.39 is 16.0 Å². The average molecular weight is 433 g/mol. The molecule has 0 aliphatic rings. The highest BCUT2D eigenvalue weighted by molar-refractivity contribution is 7.92. The van der Waals surface area contributed by atoms with Gasteiger partial charge in [0.15, 0.2) is 0 Å². The fourth-order valence-electron chi connectivity index (χ4n) is 3.29. The lowest BCUT2D eigenvalue weighted by Crippen LogP contribution is -2.28. The lowest BCUT2D eigenvalue weighted by Gasteiger charge is -2.21. The molecular weight excluding hydrogens is 412 g/mol. The van der Waals surface area contributed by atoms with Gasteiger partial charge in [-0.3, -0.25) is 9.29 Å². The maximum Gasteiger partial charge on any atom is 0.339 e. The Balaban J connectivity index is 1.61. The van der Waals surface area contributed by atoms with Crippen molar-refractivity contribution >= 4 is 32.6 Å². The van der Waals surface area contributed by atoms with Gasteiger partial charge in [-0.1, -0.05) is 54.6 Å². The number of sulfonamides is 1. The largest absolute Gasteiger partial charge is 0.457 e. The predicted molar refractivity (Wildman–Crippen MR) is 119 cm³/mol. The maximum atomic E-state index is 13.2. The van der Waals surface area contributed by atoms with Crippen molar-refractivity contribution in [2.75, 3.05) is 11.4 Å². The fourth-order valence-corrected chi connectivity index (χ4v) is 4.66. The molecule has 0 bridgehead atoms. The third-order valence-corrected chi connectivity index (χ3v) is 6.78. The molecule has 0 unspecified atom stereocenters. The number of nitrogens with zero attached hydrogens (tertiary/aromatic N) is 2. The lowest BCUT2D eigenvalue weighted by atomic mass is 10.1. The van der Waals surface area contributed by atoms with E-state index in [9.17, 15) is 13.2 Å². The van der Waals surface area contributed by atoms with Gasteiger partial charge in [0.1, 0.15) is 11.5 Å². The quantitative estimate of drug-likeness (QED) is 0.422. The summed E-state index contributed by atoms with van der Waals surface area (Å²) in [5, 5.41) is 0.934. The maximum absolute atomic E-state index is 13.2. The predicted octanol–water partition coefficient (Wildman–Crippen LogP) is 4.42. The van der Waals surface area contributed by atoms with E-state index in [2.05, 4.69) is 4.98 Å². The van der Waals surface area contributed by atoms with E-state index in [1.54, 1.807) is 48.7 Å². The number of carbonyl (C=O) groups is 1. The van der Waals surface area contributed by atoms with Crippen LogP contribution in [0.15, 0.2) is 96.0 Å². The van der Waals surface area contributed by atoms with E-state index in [0.29, 0.717) is 5.69 Å². The van der Waals surface area contributed by atoms with E-state index in [1.807, 2.05) is 30.3 Å². The first-order valence-corrected chi connectivity index (χ1v) is 11.1. The summed E-state index contributed by atoms with van der Waals surface area (Å²) in [4.78, 5) is 17.1. The van der Waals surface area contributed by atoms with Crippen molar-refractivity contribution in [3.8, 4) is 0 Å². The van der Waals surface area contributed by atoms with Gasteiger partial charge in [0.2, 0.25) is 0 Å². The molecule has 0 atom stereocenters. The van der Waals surface area contributed by atoms with Crippen LogP contribution in [0.5, 0.6) is 0 Å². The van der Waals surface area contributed by atoms with E-state index in [-0.39, 0.29) is 17.1 Å². The molecule has 1 aromatic heterocycles. The number of pyridine rings is 1. The normalized spacial score (nSPS) is 11.3. The van der Waals surface area contributed by atoms with Gasteiger partial charge in [-0.05, 0) is 30.3 Å². The Bertz CT molecular complexity index is 1330. The number of rotatable bonds is 6. The number of hydrogen-bond acceptors (Lipinski definition) is 5. The van der Waals surface area contributed by atoms with Gasteiger partial charge >= 0.3 is 5.97 Å². The first-order valence-electron chi connectivity index (χ1n) is 9.61. The van der Waals surface area contributed by atoms with Crippen molar-refractivity contribution in [2.45, 2.75) is 11.5 Å². The number of carbonyl (C=O) groups excluding carboxylic acids is 1. The lowest BCUT2D eigenvalue weighted by molar-refractivity contribution is 0.0469. The second kappa shape index (κ2) is 8.57. The summed E-state index contributed by atoms with van der Waals surface area (Å²) in [5.41, 5.74) is 1.96. The smallest absolute Gasteiger partial charge is 0.339 e. The minimum atomic E-state index is -3.97. The van der Waals surface area contributed by atoms with Crippen LogP contribution in [0.3, 0.4) is 0 Å². The summed E-state index contributed by atoms with van der Waals surface area (Å²) in [6.45, 7) is -0.0178. The molecule has 0 saturated carbocycles. The molecule has 0 aliphatic heterocycles. The minimum absolute atomic E-state index is 0.0153. The molecule has 4 rings (SSSR count). The summed E-state index contributed by atoms with van der Waals surface area (Å²) in [5.74, 6) is -0.714. The van der Waals surface area contributed by atoms with E-state index in [0.717, 1.165) is 20.8 Å². The van der Waals surface area contributed by atoms with Crippen molar-refractivity contribution < 1.29 is 17.9 Å². The van der Waals surface area contributed by atoms with Crippen LogP contribution < -0.4 is 4.31 Å². The van der Waals surface area contributed by atoms with Crippen LogP contribution in [0.1, 0.15) is 15.9 Å². The Morgan fingerprint density at radius 3 is 2.42 bits per heavy atom. The second-order valence-electron chi connectivity index (χ2n) is 6.87. The van der Waals surface area contributed by atoms with Crippen molar-refractivity contribution in [2.24, 2.45) is 0 Å². The molecule has 1 heterocycles. The molecule has 0 spiro atoms. The zero-order valence-electron chi connectivity index (χ0n) is 16.8. The summed E-state index contributed by atoms with van der Waals surface area (Å²) >= 11 is 0. The highest BCUT2D eigenvalue weighted by Gasteiger charge is 2.27. The molecule has 156 valence electrons. The zero-order chi connectivity index (χ0) is 21.8. The second-order valence-corrected chi connectivity index (χ2v) is 8.81. The highest BCUT2D eigenvalue weighted by atomic mass is 32.2. The molecule has 0 N–H and O–H groups in total. The third kappa shape index (κ3) is 4.13. The molecule has 0 fully saturated rings. The van der Waals surface area contributed by atoms with Gasteiger partial charge in [0, 0.05) is 24.2 Å². The Morgan fingerprint density at radius 2 is 1.61 bits per heavy atom. The molecule has 6 nitrogen and oxygen atoms in total. The molecule has 0 amide bonds. The Hall–Kier alpha value is -3.71.